The molecule has 3 atom stereocenters. The summed E-state index contributed by atoms with van der Waals surface area (Å²) in [6, 6.07) is 8.15. The largest absolute Gasteiger partial charge is 0.348 e. The lowest BCUT2D eigenvalue weighted by atomic mass is 9.76. The van der Waals surface area contributed by atoms with E-state index in [4.69, 9.17) is 5.73 Å². The molecule has 2 rings (SSSR count). The Balaban J connectivity index is 2.06. The van der Waals surface area contributed by atoms with Crippen LogP contribution in [0.4, 0.5) is 0 Å². The molecule has 1 fully saturated rings. The molecule has 1 aromatic carbocycles. The van der Waals surface area contributed by atoms with Crippen molar-refractivity contribution in [1.82, 2.24) is 5.32 Å². The summed E-state index contributed by atoms with van der Waals surface area (Å²) in [5.41, 5.74) is 8.02. The summed E-state index contributed by atoms with van der Waals surface area (Å²) in [7, 11) is 0. The topological polar surface area (TPSA) is 55.1 Å². The van der Waals surface area contributed by atoms with E-state index in [-0.39, 0.29) is 11.9 Å². The first-order valence-electron chi connectivity index (χ1n) is 7.58. The van der Waals surface area contributed by atoms with Gasteiger partial charge in [-0.3, -0.25) is 4.79 Å². The average Bonchev–Trinajstić information content (AvgIpc) is 2.38. The minimum Gasteiger partial charge on any atom is -0.348 e. The van der Waals surface area contributed by atoms with E-state index in [1.54, 1.807) is 0 Å². The van der Waals surface area contributed by atoms with Gasteiger partial charge in [0.25, 0.3) is 0 Å². The number of hydrogen-bond acceptors (Lipinski definition) is 2. The van der Waals surface area contributed by atoms with Gasteiger partial charge in [0.05, 0.1) is 11.6 Å². The zero-order valence-corrected chi connectivity index (χ0v) is 12.8. The Hall–Kier alpha value is -1.35. The highest BCUT2D eigenvalue weighted by Crippen LogP contribution is 2.31. The molecule has 0 bridgehead atoms. The van der Waals surface area contributed by atoms with Crippen molar-refractivity contribution in [1.29, 1.82) is 0 Å². The van der Waals surface area contributed by atoms with Crippen LogP contribution in [0.5, 0.6) is 0 Å². The van der Waals surface area contributed by atoms with Crippen LogP contribution in [-0.4, -0.2) is 11.4 Å². The lowest BCUT2D eigenvalue weighted by Crippen LogP contribution is -2.56. The van der Waals surface area contributed by atoms with E-state index in [1.165, 1.54) is 12.0 Å². The maximum Gasteiger partial charge on any atom is 0.240 e. The summed E-state index contributed by atoms with van der Waals surface area (Å²) in [4.78, 5) is 12.5. The smallest absolute Gasteiger partial charge is 0.240 e. The maximum absolute atomic E-state index is 12.5. The van der Waals surface area contributed by atoms with E-state index in [1.807, 2.05) is 19.1 Å². The highest BCUT2D eigenvalue weighted by Gasteiger charge is 2.38. The van der Waals surface area contributed by atoms with E-state index in [2.05, 4.69) is 31.3 Å². The van der Waals surface area contributed by atoms with Crippen LogP contribution >= 0.6 is 0 Å². The van der Waals surface area contributed by atoms with E-state index < -0.39 is 5.54 Å². The fourth-order valence-electron chi connectivity index (χ4n) is 3.29. The number of nitrogens with one attached hydrogen (secondary N) is 1. The van der Waals surface area contributed by atoms with Crippen molar-refractivity contribution in [2.24, 2.45) is 11.7 Å². The summed E-state index contributed by atoms with van der Waals surface area (Å²) in [6.07, 6.45) is 3.81. The van der Waals surface area contributed by atoms with Crippen molar-refractivity contribution in [3.63, 3.8) is 0 Å². The van der Waals surface area contributed by atoms with Gasteiger partial charge in [-0.2, -0.15) is 0 Å². The molecule has 3 nitrogen and oxygen atoms in total. The lowest BCUT2D eigenvalue weighted by molar-refractivity contribution is -0.128. The molecule has 3 heteroatoms. The molecule has 1 amide bonds. The first-order valence-corrected chi connectivity index (χ1v) is 7.58. The third kappa shape index (κ3) is 3.21. The average molecular weight is 274 g/mol. The van der Waals surface area contributed by atoms with Crippen molar-refractivity contribution in [2.75, 3.05) is 0 Å². The van der Waals surface area contributed by atoms with E-state index in [9.17, 15) is 4.79 Å². The van der Waals surface area contributed by atoms with Gasteiger partial charge >= 0.3 is 0 Å². The van der Waals surface area contributed by atoms with Gasteiger partial charge < -0.3 is 11.1 Å². The van der Waals surface area contributed by atoms with Crippen molar-refractivity contribution < 1.29 is 4.79 Å². The summed E-state index contributed by atoms with van der Waals surface area (Å²) in [5, 5.41) is 3.10. The van der Waals surface area contributed by atoms with Crippen LogP contribution in [0.15, 0.2) is 24.3 Å². The Morgan fingerprint density at radius 3 is 2.80 bits per heavy atom. The Morgan fingerprint density at radius 2 is 2.15 bits per heavy atom. The number of amides is 1. The van der Waals surface area contributed by atoms with Crippen LogP contribution in [0.25, 0.3) is 0 Å². The summed E-state index contributed by atoms with van der Waals surface area (Å²) < 4.78 is 0. The molecular formula is C17H26N2O. The third-order valence-corrected chi connectivity index (χ3v) is 4.49. The first kappa shape index (κ1) is 15.0. The predicted octanol–water partition coefficient (Wildman–Crippen LogP) is 3.08. The maximum atomic E-state index is 12.5. The zero-order valence-electron chi connectivity index (χ0n) is 12.8. The van der Waals surface area contributed by atoms with Crippen LogP contribution < -0.4 is 11.1 Å². The molecule has 0 heterocycles. The standard InChI is InChI=1S/C17H26N2O/c1-12-7-6-10-17(18,11-12)16(20)19-14(3)15-9-5-4-8-13(15)2/h4-5,8-9,12,14H,6-7,10-11,18H2,1-3H3,(H,19,20)/t12?,14-,17?/m1/s1. The Bertz CT molecular complexity index is 486. The Morgan fingerprint density at radius 1 is 1.45 bits per heavy atom. The third-order valence-electron chi connectivity index (χ3n) is 4.49. The predicted molar refractivity (Wildman–Crippen MR) is 82.3 cm³/mol. The van der Waals surface area contributed by atoms with Gasteiger partial charge in [0.2, 0.25) is 5.91 Å². The minimum absolute atomic E-state index is 0.000182. The van der Waals surface area contributed by atoms with Gasteiger partial charge in [-0.25, -0.2) is 0 Å². The summed E-state index contributed by atoms with van der Waals surface area (Å²) in [5.74, 6) is 0.535. The molecular weight excluding hydrogens is 248 g/mol. The molecule has 1 aliphatic rings. The van der Waals surface area contributed by atoms with Crippen molar-refractivity contribution in [3.8, 4) is 0 Å². The van der Waals surface area contributed by atoms with Gasteiger partial charge in [0.15, 0.2) is 0 Å². The van der Waals surface area contributed by atoms with Crippen LogP contribution in [0, 0.1) is 12.8 Å². The fourth-order valence-corrected chi connectivity index (χ4v) is 3.29. The molecule has 110 valence electrons. The molecule has 0 aromatic heterocycles. The zero-order chi connectivity index (χ0) is 14.8. The quantitative estimate of drug-likeness (QED) is 0.890. The summed E-state index contributed by atoms with van der Waals surface area (Å²) in [6.45, 7) is 6.27. The number of benzene rings is 1. The molecule has 1 aromatic rings. The number of rotatable bonds is 3. The highest BCUT2D eigenvalue weighted by atomic mass is 16.2. The Labute approximate surface area is 121 Å². The number of carbonyl (C=O) groups is 1. The van der Waals surface area contributed by atoms with E-state index >= 15 is 0 Å². The van der Waals surface area contributed by atoms with Crippen molar-refractivity contribution in [3.05, 3.63) is 35.4 Å². The highest BCUT2D eigenvalue weighted by molar-refractivity contribution is 5.86. The van der Waals surface area contributed by atoms with Crippen LogP contribution in [0.3, 0.4) is 0 Å². The molecule has 2 unspecified atom stereocenters. The van der Waals surface area contributed by atoms with Crippen LogP contribution in [0.1, 0.15) is 56.7 Å². The molecule has 1 aliphatic carbocycles. The molecule has 1 saturated carbocycles. The van der Waals surface area contributed by atoms with Crippen LogP contribution in [0.2, 0.25) is 0 Å². The van der Waals surface area contributed by atoms with Gasteiger partial charge in [0.1, 0.15) is 0 Å². The van der Waals surface area contributed by atoms with Crippen LogP contribution in [-0.2, 0) is 4.79 Å². The van der Waals surface area contributed by atoms with Gasteiger partial charge in [-0.1, -0.05) is 44.0 Å². The molecule has 0 aliphatic heterocycles. The monoisotopic (exact) mass is 274 g/mol. The van der Waals surface area contributed by atoms with Crippen molar-refractivity contribution in [2.45, 2.75) is 58.0 Å². The van der Waals surface area contributed by atoms with E-state index in [0.29, 0.717) is 5.92 Å². The molecule has 3 N–H and O–H groups in total. The number of aryl methyl sites for hydroxylation is 1. The Kier molecular flexibility index (Phi) is 4.48. The second-order valence-corrected chi connectivity index (χ2v) is 6.41. The second-order valence-electron chi connectivity index (χ2n) is 6.41. The molecule has 0 spiro atoms. The molecule has 0 saturated heterocycles. The summed E-state index contributed by atoms with van der Waals surface area (Å²) >= 11 is 0. The molecule has 0 radical (unpaired) electrons. The first-order chi connectivity index (χ1) is 9.42. The molecule has 20 heavy (non-hydrogen) atoms. The van der Waals surface area contributed by atoms with E-state index in [0.717, 1.165) is 24.8 Å². The fraction of sp³-hybridized carbons (Fsp3) is 0.588. The SMILES string of the molecule is Cc1ccccc1[C@@H](C)NC(=O)C1(N)CCCC(C)C1. The minimum atomic E-state index is -0.686. The van der Waals surface area contributed by atoms with Gasteiger partial charge in [-0.15, -0.1) is 0 Å². The van der Waals surface area contributed by atoms with Crippen molar-refractivity contribution >= 4 is 5.91 Å². The lowest BCUT2D eigenvalue weighted by Gasteiger charge is -2.36. The van der Waals surface area contributed by atoms with Gasteiger partial charge in [0, 0.05) is 0 Å². The normalized spacial score (nSPS) is 27.9. The van der Waals surface area contributed by atoms with Gasteiger partial charge in [-0.05, 0) is 43.7 Å². The number of hydrogen-bond donors (Lipinski definition) is 2. The number of carbonyl (C=O) groups excluding carboxylic acids is 1. The second kappa shape index (κ2) is 5.96. The number of nitrogens with two attached hydrogens (primary N) is 1.